The van der Waals surface area contributed by atoms with Crippen LogP contribution in [-0.2, 0) is 11.3 Å². The summed E-state index contributed by atoms with van der Waals surface area (Å²) >= 11 is 0. The molecule has 2 N–H and O–H groups in total. The summed E-state index contributed by atoms with van der Waals surface area (Å²) in [7, 11) is 0. The smallest absolute Gasteiger partial charge is 0.244 e. The van der Waals surface area contributed by atoms with Gasteiger partial charge in [-0.05, 0) is 34.9 Å². The maximum Gasteiger partial charge on any atom is 0.244 e. The highest BCUT2D eigenvalue weighted by atomic mass is 16.3. The zero-order valence-electron chi connectivity index (χ0n) is 15.1. The molecule has 0 spiro atoms. The van der Waals surface area contributed by atoms with Crippen molar-refractivity contribution in [3.63, 3.8) is 0 Å². The molecule has 0 aliphatic carbocycles. The van der Waals surface area contributed by atoms with Crippen LogP contribution in [0.25, 0.3) is 22.9 Å². The molecule has 0 atom stereocenters. The van der Waals surface area contributed by atoms with Gasteiger partial charge in [0.15, 0.2) is 11.4 Å². The van der Waals surface area contributed by atoms with Gasteiger partial charge in [0.25, 0.3) is 0 Å². The molecule has 0 fully saturated rings. The lowest BCUT2D eigenvalue weighted by atomic mass is 10.0. The summed E-state index contributed by atoms with van der Waals surface area (Å²) in [5.41, 5.74) is 4.40. The average Bonchev–Trinajstić information content (AvgIpc) is 3.16. The molecule has 138 valence electrons. The zero-order chi connectivity index (χ0) is 19.3. The van der Waals surface area contributed by atoms with Gasteiger partial charge in [-0.1, -0.05) is 54.6 Å². The number of hydrogen-bond donors (Lipinski definition) is 2. The lowest BCUT2D eigenvalue weighted by molar-refractivity contribution is -0.116. The quantitative estimate of drug-likeness (QED) is 0.522. The number of pyridine rings is 1. The van der Waals surface area contributed by atoms with Crippen LogP contribution in [0.15, 0.2) is 85.2 Å². The summed E-state index contributed by atoms with van der Waals surface area (Å²) in [5.74, 6) is -0.0904. The topological polar surface area (TPSA) is 66.6 Å². The predicted molar refractivity (Wildman–Crippen MR) is 110 cm³/mol. The number of amides is 1. The molecule has 4 rings (SSSR count). The molecule has 0 radical (unpaired) electrons. The van der Waals surface area contributed by atoms with Crippen molar-refractivity contribution in [1.29, 1.82) is 0 Å². The largest absolute Gasteiger partial charge is 0.504 e. The van der Waals surface area contributed by atoms with Crippen molar-refractivity contribution in [3.05, 3.63) is 96.5 Å². The summed E-state index contributed by atoms with van der Waals surface area (Å²) in [6.07, 6.45) is 6.86. The second kappa shape index (κ2) is 7.80. The van der Waals surface area contributed by atoms with Crippen LogP contribution in [-0.4, -0.2) is 20.4 Å². The number of nitrogens with zero attached hydrogens (tertiary/aromatic N) is 2. The number of aromatic nitrogens is 2. The molecule has 0 saturated heterocycles. The average molecular weight is 369 g/mol. The highest BCUT2D eigenvalue weighted by Crippen LogP contribution is 2.19. The lowest BCUT2D eigenvalue weighted by Crippen LogP contribution is -2.20. The van der Waals surface area contributed by atoms with Crippen LogP contribution in [0.4, 0.5) is 0 Å². The van der Waals surface area contributed by atoms with E-state index in [0.717, 1.165) is 16.7 Å². The van der Waals surface area contributed by atoms with Crippen LogP contribution >= 0.6 is 0 Å². The molecule has 0 bridgehead atoms. The number of nitrogens with one attached hydrogen (secondary N) is 1. The number of carbonyl (C=O) groups excluding carboxylic acids is 1. The Bertz CT molecular complexity index is 1130. The van der Waals surface area contributed by atoms with Crippen molar-refractivity contribution in [1.82, 2.24) is 14.7 Å². The Morgan fingerprint density at radius 2 is 1.75 bits per heavy atom. The molecule has 0 unspecified atom stereocenters. The number of fused-ring (bicyclic) bond motifs is 1. The summed E-state index contributed by atoms with van der Waals surface area (Å²) in [4.78, 5) is 16.4. The fourth-order valence-electron chi connectivity index (χ4n) is 2.96. The Morgan fingerprint density at radius 1 is 1.00 bits per heavy atom. The Balaban J connectivity index is 1.36. The molecule has 0 saturated carbocycles. The van der Waals surface area contributed by atoms with E-state index in [1.807, 2.05) is 42.5 Å². The molecule has 1 amide bonds. The van der Waals surface area contributed by atoms with E-state index in [0.29, 0.717) is 11.3 Å². The fourth-order valence-corrected chi connectivity index (χ4v) is 2.96. The molecular weight excluding hydrogens is 350 g/mol. The van der Waals surface area contributed by atoms with Crippen LogP contribution < -0.4 is 5.32 Å². The number of rotatable bonds is 5. The van der Waals surface area contributed by atoms with E-state index >= 15 is 0 Å². The fraction of sp³-hybridized carbons (Fsp3) is 0.0435. The van der Waals surface area contributed by atoms with Crippen LogP contribution in [0.3, 0.4) is 0 Å². The van der Waals surface area contributed by atoms with E-state index in [-0.39, 0.29) is 18.2 Å². The van der Waals surface area contributed by atoms with Crippen molar-refractivity contribution < 1.29 is 9.90 Å². The highest BCUT2D eigenvalue weighted by Gasteiger charge is 2.06. The minimum atomic E-state index is -0.201. The van der Waals surface area contributed by atoms with Crippen molar-refractivity contribution >= 4 is 17.6 Å². The Morgan fingerprint density at radius 3 is 2.50 bits per heavy atom. The number of hydrogen-bond acceptors (Lipinski definition) is 3. The molecular formula is C23H19N3O2. The second-order valence-corrected chi connectivity index (χ2v) is 6.40. The molecule has 5 nitrogen and oxygen atoms in total. The van der Waals surface area contributed by atoms with Crippen molar-refractivity contribution in [2.75, 3.05) is 0 Å². The van der Waals surface area contributed by atoms with Crippen molar-refractivity contribution in [2.24, 2.45) is 0 Å². The standard InChI is InChI=1S/C23H19N3O2/c27-21-7-4-14-26-16-20(25-23(21)26)15-24-22(28)13-10-17-8-11-19(12-9-17)18-5-2-1-3-6-18/h1-14,16,27H,15H2,(H,24,28)/b13-10+. The Hall–Kier alpha value is -3.86. The third-order valence-electron chi connectivity index (χ3n) is 4.40. The normalized spacial score (nSPS) is 11.1. The van der Waals surface area contributed by atoms with Crippen LogP contribution in [0.1, 0.15) is 11.3 Å². The van der Waals surface area contributed by atoms with Gasteiger partial charge < -0.3 is 14.8 Å². The summed E-state index contributed by atoms with van der Waals surface area (Å²) in [6.45, 7) is 0.289. The number of benzene rings is 2. The minimum Gasteiger partial charge on any atom is -0.504 e. The lowest BCUT2D eigenvalue weighted by Gasteiger charge is -2.02. The van der Waals surface area contributed by atoms with Gasteiger partial charge in [0.05, 0.1) is 12.2 Å². The van der Waals surface area contributed by atoms with Crippen molar-refractivity contribution in [2.45, 2.75) is 6.54 Å². The van der Waals surface area contributed by atoms with E-state index in [2.05, 4.69) is 22.4 Å². The molecule has 0 aliphatic rings. The van der Waals surface area contributed by atoms with Gasteiger partial charge in [-0.3, -0.25) is 4.79 Å². The number of carbonyl (C=O) groups is 1. The molecule has 2 heterocycles. The first-order valence-corrected chi connectivity index (χ1v) is 8.96. The Labute approximate surface area is 162 Å². The van der Waals surface area contributed by atoms with Gasteiger partial charge >= 0.3 is 0 Å². The maximum atomic E-state index is 12.1. The van der Waals surface area contributed by atoms with Crippen LogP contribution in [0.5, 0.6) is 5.75 Å². The number of aromatic hydroxyl groups is 1. The van der Waals surface area contributed by atoms with Crippen molar-refractivity contribution in [3.8, 4) is 16.9 Å². The summed E-state index contributed by atoms with van der Waals surface area (Å²) in [6, 6.07) is 21.5. The zero-order valence-corrected chi connectivity index (χ0v) is 15.1. The second-order valence-electron chi connectivity index (χ2n) is 6.40. The highest BCUT2D eigenvalue weighted by molar-refractivity contribution is 5.91. The molecule has 2 aromatic heterocycles. The van der Waals surface area contributed by atoms with Crippen LogP contribution in [0, 0.1) is 0 Å². The first kappa shape index (κ1) is 17.5. The monoisotopic (exact) mass is 369 g/mol. The first-order valence-electron chi connectivity index (χ1n) is 8.96. The van der Waals surface area contributed by atoms with Crippen LogP contribution in [0.2, 0.25) is 0 Å². The van der Waals surface area contributed by atoms with E-state index in [9.17, 15) is 9.90 Å². The van der Waals surface area contributed by atoms with E-state index in [1.54, 1.807) is 35.0 Å². The van der Waals surface area contributed by atoms with Gasteiger partial charge in [0, 0.05) is 18.5 Å². The Kier molecular flexibility index (Phi) is 4.89. The molecule has 28 heavy (non-hydrogen) atoms. The minimum absolute atomic E-state index is 0.110. The number of imidazole rings is 1. The first-order chi connectivity index (χ1) is 13.7. The van der Waals surface area contributed by atoms with Gasteiger partial charge in [-0.15, -0.1) is 0 Å². The third-order valence-corrected chi connectivity index (χ3v) is 4.40. The predicted octanol–water partition coefficient (Wildman–Crippen LogP) is 4.04. The van der Waals surface area contributed by atoms with Gasteiger partial charge in [0.2, 0.25) is 5.91 Å². The molecule has 2 aromatic carbocycles. The maximum absolute atomic E-state index is 12.1. The van der Waals surface area contributed by atoms with Gasteiger partial charge in [0.1, 0.15) is 0 Å². The summed E-state index contributed by atoms with van der Waals surface area (Å²) < 4.78 is 1.72. The van der Waals surface area contributed by atoms with Gasteiger partial charge in [-0.25, -0.2) is 4.98 Å². The SMILES string of the molecule is O=C(/C=C/c1ccc(-c2ccccc2)cc1)NCc1cn2cccc(O)c2n1. The molecule has 4 aromatic rings. The third kappa shape index (κ3) is 3.94. The van der Waals surface area contributed by atoms with Gasteiger partial charge in [-0.2, -0.15) is 0 Å². The van der Waals surface area contributed by atoms with E-state index < -0.39 is 0 Å². The molecule has 0 aliphatic heterocycles. The van der Waals surface area contributed by atoms with E-state index in [4.69, 9.17) is 0 Å². The van der Waals surface area contributed by atoms with E-state index in [1.165, 1.54) is 6.08 Å². The summed E-state index contributed by atoms with van der Waals surface area (Å²) in [5, 5.41) is 12.6. The molecule has 5 heteroatoms.